The molecule has 98 valence electrons. The molecule has 0 spiro atoms. The summed E-state index contributed by atoms with van der Waals surface area (Å²) in [7, 11) is 0. The first-order chi connectivity index (χ1) is 7.93. The third-order valence-corrected chi connectivity index (χ3v) is 2.38. The van der Waals surface area contributed by atoms with Gasteiger partial charge in [-0.15, -0.1) is 0 Å². The fraction of sp³-hybridized carbons (Fsp3) is 0.714. The number of hydrogen-bond donors (Lipinski definition) is 0. The van der Waals surface area contributed by atoms with Crippen molar-refractivity contribution in [3.05, 3.63) is 11.1 Å². The Bertz CT molecular complexity index is 301. The molecule has 0 aromatic rings. The van der Waals surface area contributed by atoms with Crippen molar-refractivity contribution in [3.8, 4) is 0 Å². The molecule has 0 radical (unpaired) electrons. The molecule has 0 heterocycles. The van der Waals surface area contributed by atoms with Crippen molar-refractivity contribution in [1.82, 2.24) is 0 Å². The van der Waals surface area contributed by atoms with Crippen LogP contribution < -0.4 is 0 Å². The van der Waals surface area contributed by atoms with Crippen LogP contribution in [-0.4, -0.2) is 18.4 Å². The summed E-state index contributed by atoms with van der Waals surface area (Å²) in [5.74, 6) is -0.158. The fourth-order valence-electron chi connectivity index (χ4n) is 1.68. The molecule has 0 saturated heterocycles. The van der Waals surface area contributed by atoms with Crippen molar-refractivity contribution >= 4 is 11.8 Å². The lowest BCUT2D eigenvalue weighted by molar-refractivity contribution is -0.140. The zero-order valence-electron chi connectivity index (χ0n) is 11.6. The van der Waals surface area contributed by atoms with Gasteiger partial charge in [-0.2, -0.15) is 0 Å². The lowest BCUT2D eigenvalue weighted by Crippen LogP contribution is -2.18. The fourth-order valence-corrected chi connectivity index (χ4v) is 1.68. The molecule has 0 unspecified atom stereocenters. The van der Waals surface area contributed by atoms with E-state index in [1.54, 1.807) is 6.92 Å². The Kier molecular flexibility index (Phi) is 7.51. The van der Waals surface area contributed by atoms with Gasteiger partial charge in [0, 0.05) is 6.42 Å². The molecule has 3 heteroatoms. The number of Topliss-reactive ketones (excluding diaryl/α,β-unsaturated/α-hetero) is 1. The lowest BCUT2D eigenvalue weighted by atomic mass is 9.96. The number of ether oxygens (including phenoxy) is 1. The van der Waals surface area contributed by atoms with Crippen LogP contribution in [0.2, 0.25) is 0 Å². The molecular weight excluding hydrogens is 216 g/mol. The Hall–Kier alpha value is -1.12. The first-order valence-electron chi connectivity index (χ1n) is 6.34. The smallest absolute Gasteiger partial charge is 0.341 e. The zero-order chi connectivity index (χ0) is 13.4. The van der Waals surface area contributed by atoms with Gasteiger partial charge in [-0.3, -0.25) is 4.79 Å². The first kappa shape index (κ1) is 15.9. The normalized spacial score (nSPS) is 12.4. The summed E-state index contributed by atoms with van der Waals surface area (Å²) in [5, 5.41) is 0. The van der Waals surface area contributed by atoms with Crippen LogP contribution >= 0.6 is 0 Å². The Morgan fingerprint density at radius 1 is 1.18 bits per heavy atom. The Balaban J connectivity index is 4.98. The third kappa shape index (κ3) is 5.66. The molecule has 0 saturated carbocycles. The second kappa shape index (κ2) is 8.04. The van der Waals surface area contributed by atoms with Crippen molar-refractivity contribution in [2.24, 2.45) is 5.92 Å². The van der Waals surface area contributed by atoms with Crippen LogP contribution in [0.4, 0.5) is 0 Å². The standard InChI is InChI=1S/C14H24O3/c1-6-8-17-14(16)13(12(15)7-2)11(5)9-10(3)4/h10H,6-9H2,1-5H3. The maximum Gasteiger partial charge on any atom is 0.341 e. The van der Waals surface area contributed by atoms with Crippen LogP contribution in [0.3, 0.4) is 0 Å². The molecule has 0 rings (SSSR count). The van der Waals surface area contributed by atoms with Gasteiger partial charge in [-0.1, -0.05) is 33.3 Å². The van der Waals surface area contributed by atoms with Crippen molar-refractivity contribution in [3.63, 3.8) is 0 Å². The highest BCUT2D eigenvalue weighted by Gasteiger charge is 2.21. The summed E-state index contributed by atoms with van der Waals surface area (Å²) in [6, 6.07) is 0. The predicted molar refractivity (Wildman–Crippen MR) is 68.7 cm³/mol. The van der Waals surface area contributed by atoms with Gasteiger partial charge in [0.2, 0.25) is 0 Å². The van der Waals surface area contributed by atoms with Crippen molar-refractivity contribution < 1.29 is 14.3 Å². The van der Waals surface area contributed by atoms with Crippen molar-refractivity contribution in [2.75, 3.05) is 6.61 Å². The molecule has 0 aromatic carbocycles. The van der Waals surface area contributed by atoms with Gasteiger partial charge in [0.05, 0.1) is 6.61 Å². The van der Waals surface area contributed by atoms with Crippen molar-refractivity contribution in [2.45, 2.75) is 53.9 Å². The number of ketones is 1. The van der Waals surface area contributed by atoms with Gasteiger partial charge in [0.25, 0.3) is 0 Å². The highest BCUT2D eigenvalue weighted by Crippen LogP contribution is 2.17. The lowest BCUT2D eigenvalue weighted by Gasteiger charge is -2.12. The molecular formula is C14H24O3. The van der Waals surface area contributed by atoms with Gasteiger partial charge in [-0.05, 0) is 25.7 Å². The monoisotopic (exact) mass is 240 g/mol. The van der Waals surface area contributed by atoms with Gasteiger partial charge in [0.15, 0.2) is 5.78 Å². The summed E-state index contributed by atoms with van der Waals surface area (Å²) >= 11 is 0. The number of rotatable bonds is 7. The summed E-state index contributed by atoms with van der Waals surface area (Å²) < 4.78 is 5.06. The predicted octanol–water partition coefficient (Wildman–Crippen LogP) is 3.28. The van der Waals surface area contributed by atoms with E-state index in [4.69, 9.17) is 4.74 Å². The number of esters is 1. The zero-order valence-corrected chi connectivity index (χ0v) is 11.6. The van der Waals surface area contributed by atoms with E-state index in [0.717, 1.165) is 18.4 Å². The molecule has 0 bridgehead atoms. The molecule has 0 N–H and O–H groups in total. The molecule has 0 aliphatic carbocycles. The van der Waals surface area contributed by atoms with Gasteiger partial charge < -0.3 is 4.74 Å². The molecule has 3 nitrogen and oxygen atoms in total. The number of carbonyl (C=O) groups is 2. The van der Waals surface area contributed by atoms with E-state index in [9.17, 15) is 9.59 Å². The van der Waals surface area contributed by atoms with Crippen molar-refractivity contribution in [1.29, 1.82) is 0 Å². The molecule has 0 aliphatic heterocycles. The van der Waals surface area contributed by atoms with E-state index < -0.39 is 5.97 Å². The third-order valence-electron chi connectivity index (χ3n) is 2.38. The molecule has 0 amide bonds. The van der Waals surface area contributed by atoms with Crippen LogP contribution in [0.5, 0.6) is 0 Å². The van der Waals surface area contributed by atoms with E-state index in [2.05, 4.69) is 13.8 Å². The quantitative estimate of drug-likeness (QED) is 0.297. The minimum absolute atomic E-state index is 0.121. The average Bonchev–Trinajstić information content (AvgIpc) is 2.25. The largest absolute Gasteiger partial charge is 0.462 e. The maximum absolute atomic E-state index is 11.8. The van der Waals surface area contributed by atoms with Gasteiger partial charge in [-0.25, -0.2) is 4.79 Å². The van der Waals surface area contributed by atoms with Crippen LogP contribution in [0, 0.1) is 5.92 Å². The Morgan fingerprint density at radius 3 is 2.18 bits per heavy atom. The minimum Gasteiger partial charge on any atom is -0.462 e. The summed E-state index contributed by atoms with van der Waals surface area (Å²) in [5.41, 5.74) is 1.10. The highest BCUT2D eigenvalue weighted by atomic mass is 16.5. The van der Waals surface area contributed by atoms with Gasteiger partial charge in [0.1, 0.15) is 5.57 Å². The number of allylic oxidation sites excluding steroid dienone is 1. The highest BCUT2D eigenvalue weighted by molar-refractivity contribution is 6.17. The topological polar surface area (TPSA) is 43.4 Å². The first-order valence-corrected chi connectivity index (χ1v) is 6.34. The van der Waals surface area contributed by atoms with Crippen LogP contribution in [0.1, 0.15) is 53.9 Å². The van der Waals surface area contributed by atoms with Gasteiger partial charge >= 0.3 is 5.97 Å². The minimum atomic E-state index is -0.461. The molecule has 0 fully saturated rings. The summed E-state index contributed by atoms with van der Waals surface area (Å²) in [4.78, 5) is 23.6. The number of hydrogen-bond acceptors (Lipinski definition) is 3. The molecule has 0 aromatic heterocycles. The summed E-state index contributed by atoms with van der Waals surface area (Å²) in [6.45, 7) is 10.0. The average molecular weight is 240 g/mol. The summed E-state index contributed by atoms with van der Waals surface area (Å²) in [6.07, 6.45) is 1.86. The maximum atomic E-state index is 11.8. The van der Waals surface area contributed by atoms with E-state index in [0.29, 0.717) is 18.9 Å². The SMILES string of the molecule is CCCOC(=O)C(C(=O)CC)=C(C)CC(C)C. The van der Waals surface area contributed by atoms with E-state index in [-0.39, 0.29) is 11.4 Å². The second-order valence-corrected chi connectivity index (χ2v) is 4.67. The Morgan fingerprint density at radius 2 is 1.76 bits per heavy atom. The van der Waals surface area contributed by atoms with Crippen LogP contribution in [-0.2, 0) is 14.3 Å². The van der Waals surface area contributed by atoms with E-state index in [1.807, 2.05) is 13.8 Å². The van der Waals surface area contributed by atoms with Crippen LogP contribution in [0.15, 0.2) is 11.1 Å². The Labute approximate surface area is 104 Å². The number of carbonyl (C=O) groups excluding carboxylic acids is 2. The molecule has 0 aliphatic rings. The second-order valence-electron chi connectivity index (χ2n) is 4.67. The van der Waals surface area contributed by atoms with E-state index in [1.165, 1.54) is 0 Å². The molecule has 17 heavy (non-hydrogen) atoms. The van der Waals surface area contributed by atoms with Crippen LogP contribution in [0.25, 0.3) is 0 Å². The van der Waals surface area contributed by atoms with E-state index >= 15 is 0 Å². The molecule has 0 atom stereocenters.